The summed E-state index contributed by atoms with van der Waals surface area (Å²) in [4.78, 5) is 11.1. The molecule has 0 bridgehead atoms. The van der Waals surface area contributed by atoms with Gasteiger partial charge >= 0.3 is 5.97 Å². The molecule has 0 fully saturated rings. The molecule has 0 aliphatic heterocycles. The third-order valence-electron chi connectivity index (χ3n) is 1.54. The van der Waals surface area contributed by atoms with Gasteiger partial charge in [0, 0.05) is 6.42 Å². The number of carbonyl (C=O) groups excluding carboxylic acids is 1. The lowest BCUT2D eigenvalue weighted by atomic mass is 9.89. The van der Waals surface area contributed by atoms with E-state index in [1.54, 1.807) is 6.92 Å². The van der Waals surface area contributed by atoms with Crippen LogP contribution in [0.2, 0.25) is 0 Å². The van der Waals surface area contributed by atoms with Crippen LogP contribution in [0.3, 0.4) is 0 Å². The molecule has 0 aromatic carbocycles. The first-order chi connectivity index (χ1) is 5.96. The van der Waals surface area contributed by atoms with Gasteiger partial charge in [0.1, 0.15) is 0 Å². The second-order valence-electron chi connectivity index (χ2n) is 2.76. The highest BCUT2D eigenvalue weighted by molar-refractivity contribution is 5.79. The first kappa shape index (κ1) is 11.8. The van der Waals surface area contributed by atoms with Crippen LogP contribution in [0, 0.1) is 16.7 Å². The van der Waals surface area contributed by atoms with Crippen molar-refractivity contribution in [2.75, 3.05) is 6.61 Å². The van der Waals surface area contributed by atoms with Crippen molar-refractivity contribution in [3.63, 3.8) is 0 Å². The number of hydrogen-bond acceptors (Lipinski definition) is 3. The predicted molar refractivity (Wildman–Crippen MR) is 41.0 cm³/mol. The number of halogens is 2. The van der Waals surface area contributed by atoms with E-state index in [-0.39, 0.29) is 6.61 Å². The van der Waals surface area contributed by atoms with Crippen molar-refractivity contribution in [1.29, 1.82) is 5.26 Å². The largest absolute Gasteiger partial charge is 0.465 e. The molecule has 0 spiro atoms. The Kier molecular flexibility index (Phi) is 4.32. The van der Waals surface area contributed by atoms with Crippen LogP contribution in [0.15, 0.2) is 0 Å². The van der Waals surface area contributed by atoms with Crippen molar-refractivity contribution in [2.24, 2.45) is 5.41 Å². The maximum Gasteiger partial charge on any atom is 0.326 e. The van der Waals surface area contributed by atoms with Gasteiger partial charge in [-0.1, -0.05) is 0 Å². The van der Waals surface area contributed by atoms with Gasteiger partial charge < -0.3 is 4.74 Å². The Balaban J connectivity index is 4.45. The molecule has 0 aromatic heterocycles. The first-order valence-corrected chi connectivity index (χ1v) is 3.83. The molecule has 0 radical (unpaired) electrons. The number of carbonyl (C=O) groups is 1. The van der Waals surface area contributed by atoms with Crippen molar-refractivity contribution >= 4 is 5.97 Å². The predicted octanol–water partition coefficient (Wildman–Crippen LogP) is 1.73. The summed E-state index contributed by atoms with van der Waals surface area (Å²) in [6, 6.07) is 1.54. The average molecular weight is 191 g/mol. The zero-order valence-electron chi connectivity index (χ0n) is 7.51. The molecule has 74 valence electrons. The van der Waals surface area contributed by atoms with Crippen LogP contribution in [0.25, 0.3) is 0 Å². The number of alkyl halides is 2. The Morgan fingerprint density at radius 2 is 2.23 bits per heavy atom. The standard InChI is InChI=1S/C8H11F2NO2/c1-3-13-7(12)8(2,5-11)4-6(9)10/h6H,3-4H2,1-2H3. The third-order valence-corrected chi connectivity index (χ3v) is 1.54. The highest BCUT2D eigenvalue weighted by Crippen LogP contribution is 2.25. The summed E-state index contributed by atoms with van der Waals surface area (Å²) < 4.78 is 28.4. The monoisotopic (exact) mass is 191 g/mol. The molecule has 0 aromatic rings. The topological polar surface area (TPSA) is 50.1 Å². The van der Waals surface area contributed by atoms with Crippen LogP contribution in [0.4, 0.5) is 8.78 Å². The SMILES string of the molecule is CCOC(=O)C(C)(C#N)CC(F)F. The number of nitriles is 1. The van der Waals surface area contributed by atoms with Gasteiger partial charge in [-0.15, -0.1) is 0 Å². The number of ether oxygens (including phenoxy) is 1. The third kappa shape index (κ3) is 3.36. The second kappa shape index (κ2) is 4.75. The summed E-state index contributed by atoms with van der Waals surface area (Å²) in [7, 11) is 0. The van der Waals surface area contributed by atoms with Gasteiger partial charge in [-0.3, -0.25) is 4.79 Å². The Bertz CT molecular complexity index is 225. The summed E-state index contributed by atoms with van der Waals surface area (Å²) >= 11 is 0. The smallest absolute Gasteiger partial charge is 0.326 e. The van der Waals surface area contributed by atoms with Crippen LogP contribution in [0.5, 0.6) is 0 Å². The molecule has 1 atom stereocenters. The number of nitrogens with zero attached hydrogens (tertiary/aromatic N) is 1. The van der Waals surface area contributed by atoms with E-state index in [2.05, 4.69) is 4.74 Å². The maximum atomic E-state index is 12.0. The summed E-state index contributed by atoms with van der Waals surface area (Å²) in [5.41, 5.74) is -1.73. The van der Waals surface area contributed by atoms with Gasteiger partial charge in [-0.25, -0.2) is 8.78 Å². The zero-order chi connectivity index (χ0) is 10.5. The fourth-order valence-electron chi connectivity index (χ4n) is 0.774. The Morgan fingerprint density at radius 3 is 2.54 bits per heavy atom. The highest BCUT2D eigenvalue weighted by Gasteiger charge is 2.37. The molecule has 13 heavy (non-hydrogen) atoms. The fourth-order valence-corrected chi connectivity index (χ4v) is 0.774. The van der Waals surface area contributed by atoms with Crippen LogP contribution in [-0.2, 0) is 9.53 Å². The normalized spacial score (nSPS) is 14.8. The fraction of sp³-hybridized carbons (Fsp3) is 0.750. The maximum absolute atomic E-state index is 12.0. The molecule has 0 aliphatic carbocycles. The Labute approximate surface area is 75.3 Å². The van der Waals surface area contributed by atoms with Crippen molar-refractivity contribution in [3.8, 4) is 6.07 Å². The van der Waals surface area contributed by atoms with Gasteiger partial charge in [0.25, 0.3) is 0 Å². The Morgan fingerprint density at radius 1 is 1.69 bits per heavy atom. The number of esters is 1. The molecule has 1 unspecified atom stereocenters. The van der Waals surface area contributed by atoms with Crippen LogP contribution >= 0.6 is 0 Å². The molecule has 0 aliphatic rings. The summed E-state index contributed by atoms with van der Waals surface area (Å²) in [5.74, 6) is -0.891. The van der Waals surface area contributed by atoms with E-state index >= 15 is 0 Å². The second-order valence-corrected chi connectivity index (χ2v) is 2.76. The van der Waals surface area contributed by atoms with E-state index in [4.69, 9.17) is 5.26 Å². The van der Waals surface area contributed by atoms with E-state index in [1.807, 2.05) is 0 Å². The Hall–Kier alpha value is -1.18. The van der Waals surface area contributed by atoms with Gasteiger partial charge in [-0.05, 0) is 13.8 Å². The minimum Gasteiger partial charge on any atom is -0.465 e. The lowest BCUT2D eigenvalue weighted by Crippen LogP contribution is -2.30. The van der Waals surface area contributed by atoms with E-state index < -0.39 is 24.2 Å². The van der Waals surface area contributed by atoms with Crippen molar-refractivity contribution in [2.45, 2.75) is 26.7 Å². The van der Waals surface area contributed by atoms with Gasteiger partial charge in [0.05, 0.1) is 12.7 Å². The number of rotatable bonds is 4. The molecular weight excluding hydrogens is 180 g/mol. The van der Waals surface area contributed by atoms with Crippen LogP contribution < -0.4 is 0 Å². The first-order valence-electron chi connectivity index (χ1n) is 3.83. The minimum atomic E-state index is -2.69. The zero-order valence-corrected chi connectivity index (χ0v) is 7.51. The molecule has 0 saturated carbocycles. The minimum absolute atomic E-state index is 0.0827. The quantitative estimate of drug-likeness (QED) is 0.636. The molecule has 0 saturated heterocycles. The van der Waals surface area contributed by atoms with Gasteiger partial charge in [0.15, 0.2) is 5.41 Å². The molecule has 5 heteroatoms. The van der Waals surface area contributed by atoms with Crippen LogP contribution in [-0.4, -0.2) is 19.0 Å². The molecule has 0 amide bonds. The van der Waals surface area contributed by atoms with E-state index in [0.29, 0.717) is 0 Å². The van der Waals surface area contributed by atoms with Crippen molar-refractivity contribution in [1.82, 2.24) is 0 Å². The van der Waals surface area contributed by atoms with Gasteiger partial charge in [-0.2, -0.15) is 5.26 Å². The molecule has 0 heterocycles. The lowest BCUT2D eigenvalue weighted by Gasteiger charge is -2.18. The molecular formula is C8H11F2NO2. The number of hydrogen-bond donors (Lipinski definition) is 0. The van der Waals surface area contributed by atoms with Gasteiger partial charge in [0.2, 0.25) is 6.43 Å². The molecule has 0 N–H and O–H groups in total. The average Bonchev–Trinajstić information content (AvgIpc) is 2.03. The molecule has 3 nitrogen and oxygen atoms in total. The lowest BCUT2D eigenvalue weighted by molar-refractivity contribution is -0.153. The van der Waals surface area contributed by atoms with Crippen molar-refractivity contribution in [3.05, 3.63) is 0 Å². The van der Waals surface area contributed by atoms with E-state index in [9.17, 15) is 13.6 Å². The molecule has 0 rings (SSSR count). The van der Waals surface area contributed by atoms with E-state index in [0.717, 1.165) is 6.92 Å². The van der Waals surface area contributed by atoms with Crippen LogP contribution in [0.1, 0.15) is 20.3 Å². The summed E-state index contributed by atoms with van der Waals surface area (Å²) in [6.45, 7) is 2.79. The summed E-state index contributed by atoms with van der Waals surface area (Å²) in [5, 5.41) is 8.55. The summed E-state index contributed by atoms with van der Waals surface area (Å²) in [6.07, 6.45) is -3.48. The van der Waals surface area contributed by atoms with E-state index in [1.165, 1.54) is 6.07 Å². The highest BCUT2D eigenvalue weighted by atomic mass is 19.3. The van der Waals surface area contributed by atoms with Crippen molar-refractivity contribution < 1.29 is 18.3 Å².